The summed E-state index contributed by atoms with van der Waals surface area (Å²) in [7, 11) is 0. The van der Waals surface area contributed by atoms with E-state index in [0.29, 0.717) is 23.3 Å². The highest BCUT2D eigenvalue weighted by molar-refractivity contribution is 6.30. The minimum Gasteiger partial charge on any atom is -0.337 e. The Morgan fingerprint density at radius 1 is 1.50 bits per heavy atom. The summed E-state index contributed by atoms with van der Waals surface area (Å²) in [5.74, 6) is 0.801. The van der Waals surface area contributed by atoms with Gasteiger partial charge in [0, 0.05) is 17.1 Å². The second-order valence-corrected chi connectivity index (χ2v) is 6.47. The monoisotopic (exact) mass is 345 g/mol. The molecule has 1 aliphatic heterocycles. The molecule has 6 heteroatoms. The lowest BCUT2D eigenvalue weighted by molar-refractivity contribution is -0.138. The van der Waals surface area contributed by atoms with Crippen molar-refractivity contribution in [1.82, 2.24) is 15.0 Å². The van der Waals surface area contributed by atoms with Gasteiger partial charge in [0.15, 0.2) is 0 Å². The molecule has 3 rings (SSSR count). The Kier molecular flexibility index (Phi) is 5.00. The Morgan fingerprint density at radius 2 is 2.33 bits per heavy atom. The SMILES string of the molecule is C=CC(C)C(=O)N1CCCCC1c1nc(-c2cccc(Cl)c2)no1. The summed E-state index contributed by atoms with van der Waals surface area (Å²) in [6.45, 7) is 6.27. The second-order valence-electron chi connectivity index (χ2n) is 6.03. The highest BCUT2D eigenvalue weighted by Gasteiger charge is 2.33. The minimum atomic E-state index is -0.221. The quantitative estimate of drug-likeness (QED) is 0.776. The number of likely N-dealkylation sites (tertiary alicyclic amines) is 1. The van der Waals surface area contributed by atoms with Crippen molar-refractivity contribution in [3.8, 4) is 11.4 Å². The third-order valence-corrected chi connectivity index (χ3v) is 4.57. The van der Waals surface area contributed by atoms with E-state index in [4.69, 9.17) is 16.1 Å². The van der Waals surface area contributed by atoms with Crippen molar-refractivity contribution in [3.05, 3.63) is 47.8 Å². The third-order valence-electron chi connectivity index (χ3n) is 4.34. The van der Waals surface area contributed by atoms with Crippen LogP contribution in [0.5, 0.6) is 0 Å². The van der Waals surface area contributed by atoms with Crippen LogP contribution in [0.15, 0.2) is 41.4 Å². The molecule has 0 bridgehead atoms. The smallest absolute Gasteiger partial charge is 0.249 e. The highest BCUT2D eigenvalue weighted by atomic mass is 35.5. The summed E-state index contributed by atoms with van der Waals surface area (Å²) in [6, 6.07) is 7.14. The molecule has 2 unspecified atom stereocenters. The van der Waals surface area contributed by atoms with E-state index in [1.165, 1.54) is 0 Å². The number of halogens is 1. The molecule has 1 aromatic carbocycles. The lowest BCUT2D eigenvalue weighted by Gasteiger charge is -2.34. The molecule has 2 heterocycles. The molecule has 1 fully saturated rings. The van der Waals surface area contributed by atoms with E-state index in [1.54, 1.807) is 18.2 Å². The molecule has 0 aliphatic carbocycles. The van der Waals surface area contributed by atoms with Crippen LogP contribution in [0.25, 0.3) is 11.4 Å². The van der Waals surface area contributed by atoms with Gasteiger partial charge in [-0.05, 0) is 31.4 Å². The maximum Gasteiger partial charge on any atom is 0.249 e. The number of amides is 1. The van der Waals surface area contributed by atoms with E-state index in [-0.39, 0.29) is 17.9 Å². The molecule has 1 saturated heterocycles. The van der Waals surface area contributed by atoms with Crippen LogP contribution in [-0.2, 0) is 4.79 Å². The standard InChI is InChI=1S/C18H20ClN3O2/c1-3-12(2)18(23)22-10-5-4-9-15(22)17-20-16(21-24-17)13-7-6-8-14(19)11-13/h3,6-8,11-12,15H,1,4-5,9-10H2,2H3. The predicted octanol–water partition coefficient (Wildman–Crippen LogP) is 4.27. The van der Waals surface area contributed by atoms with Crippen molar-refractivity contribution in [2.75, 3.05) is 6.54 Å². The van der Waals surface area contributed by atoms with Gasteiger partial charge in [-0.1, -0.05) is 41.9 Å². The first-order valence-corrected chi connectivity index (χ1v) is 8.50. The molecule has 2 aromatic rings. The molecule has 1 amide bonds. The predicted molar refractivity (Wildman–Crippen MR) is 92.4 cm³/mol. The fraction of sp³-hybridized carbons (Fsp3) is 0.389. The molecule has 0 N–H and O–H groups in total. The maximum absolute atomic E-state index is 12.6. The van der Waals surface area contributed by atoms with E-state index in [9.17, 15) is 4.79 Å². The number of carbonyl (C=O) groups excluding carboxylic acids is 1. The number of nitrogens with zero attached hydrogens (tertiary/aromatic N) is 3. The van der Waals surface area contributed by atoms with Gasteiger partial charge >= 0.3 is 0 Å². The van der Waals surface area contributed by atoms with Gasteiger partial charge in [-0.15, -0.1) is 6.58 Å². The van der Waals surface area contributed by atoms with Crippen LogP contribution in [0.3, 0.4) is 0 Å². The molecule has 1 aromatic heterocycles. The molecule has 0 spiro atoms. The number of benzene rings is 1. The molecule has 0 saturated carbocycles. The fourth-order valence-corrected chi connectivity index (χ4v) is 3.12. The Labute approximate surface area is 146 Å². The first-order valence-electron chi connectivity index (χ1n) is 8.12. The zero-order chi connectivity index (χ0) is 17.1. The topological polar surface area (TPSA) is 59.2 Å². The van der Waals surface area contributed by atoms with Crippen LogP contribution in [0, 0.1) is 5.92 Å². The molecule has 0 radical (unpaired) electrons. The average molecular weight is 346 g/mol. The van der Waals surface area contributed by atoms with E-state index in [0.717, 1.165) is 24.8 Å². The number of carbonyl (C=O) groups is 1. The van der Waals surface area contributed by atoms with Crippen LogP contribution in [0.4, 0.5) is 0 Å². The van der Waals surface area contributed by atoms with Crippen molar-refractivity contribution in [3.63, 3.8) is 0 Å². The van der Waals surface area contributed by atoms with Crippen molar-refractivity contribution in [1.29, 1.82) is 0 Å². The number of rotatable bonds is 4. The van der Waals surface area contributed by atoms with Gasteiger partial charge in [-0.2, -0.15) is 4.98 Å². The number of hydrogen-bond acceptors (Lipinski definition) is 4. The van der Waals surface area contributed by atoms with Crippen molar-refractivity contribution in [2.24, 2.45) is 5.92 Å². The molecular formula is C18H20ClN3O2. The maximum atomic E-state index is 12.6. The lowest BCUT2D eigenvalue weighted by Crippen LogP contribution is -2.41. The van der Waals surface area contributed by atoms with Crippen LogP contribution in [-0.4, -0.2) is 27.5 Å². The molecule has 24 heavy (non-hydrogen) atoms. The Balaban J connectivity index is 1.87. The third kappa shape index (κ3) is 3.36. The Hall–Kier alpha value is -2.14. The van der Waals surface area contributed by atoms with Crippen molar-refractivity contribution >= 4 is 17.5 Å². The molecule has 5 nitrogen and oxygen atoms in total. The Morgan fingerprint density at radius 3 is 3.08 bits per heavy atom. The lowest BCUT2D eigenvalue weighted by atomic mass is 9.99. The molecule has 1 aliphatic rings. The molecular weight excluding hydrogens is 326 g/mol. The Bertz CT molecular complexity index is 743. The minimum absolute atomic E-state index is 0.0530. The number of aromatic nitrogens is 2. The molecule has 126 valence electrons. The summed E-state index contributed by atoms with van der Waals surface area (Å²) in [5, 5.41) is 4.68. The first kappa shape index (κ1) is 16.7. The summed E-state index contributed by atoms with van der Waals surface area (Å²) in [4.78, 5) is 18.9. The largest absolute Gasteiger partial charge is 0.337 e. The van der Waals surface area contributed by atoms with E-state index >= 15 is 0 Å². The van der Waals surface area contributed by atoms with Gasteiger partial charge in [-0.3, -0.25) is 4.79 Å². The summed E-state index contributed by atoms with van der Waals surface area (Å²) < 4.78 is 5.47. The average Bonchev–Trinajstić information content (AvgIpc) is 3.10. The van der Waals surface area contributed by atoms with Gasteiger partial charge in [0.25, 0.3) is 0 Å². The number of piperidine rings is 1. The molecule has 2 atom stereocenters. The summed E-state index contributed by atoms with van der Waals surface area (Å²) >= 11 is 6.02. The first-order chi connectivity index (χ1) is 11.6. The van der Waals surface area contributed by atoms with E-state index < -0.39 is 0 Å². The van der Waals surface area contributed by atoms with Gasteiger partial charge in [0.2, 0.25) is 17.6 Å². The summed E-state index contributed by atoms with van der Waals surface area (Å²) in [6.07, 6.45) is 4.51. The summed E-state index contributed by atoms with van der Waals surface area (Å²) in [5.41, 5.74) is 0.797. The van der Waals surface area contributed by atoms with Crippen LogP contribution >= 0.6 is 11.6 Å². The normalized spacial score (nSPS) is 19.1. The van der Waals surface area contributed by atoms with Gasteiger partial charge in [-0.25, -0.2) is 0 Å². The van der Waals surface area contributed by atoms with Gasteiger partial charge < -0.3 is 9.42 Å². The second kappa shape index (κ2) is 7.18. The van der Waals surface area contributed by atoms with Crippen LogP contribution in [0.2, 0.25) is 5.02 Å². The van der Waals surface area contributed by atoms with E-state index in [1.807, 2.05) is 24.0 Å². The zero-order valence-corrected chi connectivity index (χ0v) is 14.4. The highest BCUT2D eigenvalue weighted by Crippen LogP contribution is 2.32. The zero-order valence-electron chi connectivity index (χ0n) is 13.6. The van der Waals surface area contributed by atoms with Crippen LogP contribution < -0.4 is 0 Å². The van der Waals surface area contributed by atoms with Crippen molar-refractivity contribution in [2.45, 2.75) is 32.2 Å². The van der Waals surface area contributed by atoms with Crippen molar-refractivity contribution < 1.29 is 9.32 Å². The van der Waals surface area contributed by atoms with E-state index in [2.05, 4.69) is 16.7 Å². The van der Waals surface area contributed by atoms with Gasteiger partial charge in [0.05, 0.1) is 5.92 Å². The van der Waals surface area contributed by atoms with Crippen LogP contribution in [0.1, 0.15) is 38.1 Å². The van der Waals surface area contributed by atoms with Gasteiger partial charge in [0.1, 0.15) is 6.04 Å². The number of hydrogen-bond donors (Lipinski definition) is 0. The fourth-order valence-electron chi connectivity index (χ4n) is 2.93.